The van der Waals surface area contributed by atoms with Crippen LogP contribution in [0.2, 0.25) is 5.02 Å². The van der Waals surface area contributed by atoms with Gasteiger partial charge in [-0.25, -0.2) is 18.1 Å². The Morgan fingerprint density at radius 3 is 2.37 bits per heavy atom. The second-order valence-electron chi connectivity index (χ2n) is 8.17. The van der Waals surface area contributed by atoms with Gasteiger partial charge in [-0.3, -0.25) is 14.6 Å². The number of aromatic nitrogens is 1. The number of carbonyl (C=O) groups excluding carboxylic acids is 3. The summed E-state index contributed by atoms with van der Waals surface area (Å²) in [5.41, 5.74) is -4.67. The fraction of sp³-hybridized carbons (Fsp3) is 0.167. The van der Waals surface area contributed by atoms with Crippen molar-refractivity contribution in [1.82, 2.24) is 9.88 Å². The molecule has 1 aliphatic rings. The minimum Gasteiger partial charge on any atom is -0.320 e. The van der Waals surface area contributed by atoms with E-state index in [2.05, 4.69) is 10.3 Å². The summed E-state index contributed by atoms with van der Waals surface area (Å²) < 4.78 is 61.7. The van der Waals surface area contributed by atoms with Crippen LogP contribution in [0.5, 0.6) is 0 Å². The van der Waals surface area contributed by atoms with E-state index in [1.54, 1.807) is 24.3 Å². The van der Waals surface area contributed by atoms with Gasteiger partial charge in [0.2, 0.25) is 0 Å². The number of nitrogens with one attached hydrogen (secondary N) is 1. The number of hydrogen-bond donors (Lipinski definition) is 1. The molecule has 9 nitrogen and oxygen atoms in total. The van der Waals surface area contributed by atoms with Crippen molar-refractivity contribution < 1.29 is 36.0 Å². The third-order valence-corrected chi connectivity index (χ3v) is 7.64. The van der Waals surface area contributed by atoms with Crippen LogP contribution in [0, 0.1) is 0 Å². The van der Waals surface area contributed by atoms with E-state index < -0.39 is 44.1 Å². The van der Waals surface area contributed by atoms with Crippen molar-refractivity contribution >= 4 is 50.7 Å². The van der Waals surface area contributed by atoms with Crippen LogP contribution in [0.1, 0.15) is 22.8 Å². The average Bonchev–Trinajstić information content (AvgIpc) is 3.07. The Hall–Kier alpha value is -3.97. The Balaban J connectivity index is 1.57. The number of alkyl halides is 3. The maximum absolute atomic E-state index is 13.2. The van der Waals surface area contributed by atoms with E-state index in [0.29, 0.717) is 17.7 Å². The Bertz CT molecular complexity index is 1530. The second kappa shape index (κ2) is 10.1. The first-order valence-electron chi connectivity index (χ1n) is 10.9. The van der Waals surface area contributed by atoms with Gasteiger partial charge < -0.3 is 10.2 Å². The average molecular weight is 567 g/mol. The summed E-state index contributed by atoms with van der Waals surface area (Å²) in [6, 6.07) is 9.44. The lowest BCUT2D eigenvalue weighted by atomic mass is 10.1. The minimum atomic E-state index is -5.59. The van der Waals surface area contributed by atoms with Gasteiger partial charge in [-0.05, 0) is 55.0 Å². The van der Waals surface area contributed by atoms with Crippen LogP contribution in [0.3, 0.4) is 0 Å². The predicted octanol–water partition coefficient (Wildman–Crippen LogP) is 4.64. The summed E-state index contributed by atoms with van der Waals surface area (Å²) in [7, 11) is -5.59. The Labute approximate surface area is 219 Å². The van der Waals surface area contributed by atoms with Crippen molar-refractivity contribution in [2.45, 2.75) is 29.9 Å². The summed E-state index contributed by atoms with van der Waals surface area (Å²) in [5.74, 6) is -1.19. The number of anilines is 2. The third-order valence-electron chi connectivity index (χ3n) is 5.81. The van der Waals surface area contributed by atoms with Gasteiger partial charge in [-0.1, -0.05) is 23.7 Å². The van der Waals surface area contributed by atoms with Crippen molar-refractivity contribution in [3.8, 4) is 0 Å². The van der Waals surface area contributed by atoms with Crippen LogP contribution in [0.25, 0.3) is 0 Å². The van der Waals surface area contributed by atoms with E-state index >= 15 is 0 Å². The maximum Gasteiger partial charge on any atom is 0.501 e. The van der Waals surface area contributed by atoms with Crippen LogP contribution in [-0.4, -0.2) is 47.7 Å². The van der Waals surface area contributed by atoms with Gasteiger partial charge in [0.25, 0.3) is 21.7 Å². The summed E-state index contributed by atoms with van der Waals surface area (Å²) in [6.45, 7) is 1.34. The fourth-order valence-corrected chi connectivity index (χ4v) is 4.73. The molecule has 198 valence electrons. The van der Waals surface area contributed by atoms with Gasteiger partial charge in [-0.2, -0.15) is 13.2 Å². The van der Waals surface area contributed by atoms with Gasteiger partial charge in [0.1, 0.15) is 6.04 Å². The number of sulfone groups is 1. The molecule has 14 heteroatoms. The van der Waals surface area contributed by atoms with E-state index in [9.17, 15) is 36.0 Å². The number of imide groups is 1. The standard InChI is InChI=1S/C24H18ClF3N4O5S/c1-14-22(34)32(16-6-8-17(9-7-16)38(36,37)24(26,27)28)23(35)31(14)13-15-10-11-29-12-20(15)30-21(33)18-4-2-3-5-19(18)25/h2-12,14H,13H2,1H3,(H,30,33). The lowest BCUT2D eigenvalue weighted by Gasteiger charge is -2.21. The molecule has 1 aromatic heterocycles. The maximum atomic E-state index is 13.2. The van der Waals surface area contributed by atoms with Gasteiger partial charge in [0.15, 0.2) is 0 Å². The molecule has 2 heterocycles. The van der Waals surface area contributed by atoms with E-state index in [1.165, 1.54) is 30.3 Å². The highest BCUT2D eigenvalue weighted by atomic mass is 35.5. The van der Waals surface area contributed by atoms with Crippen LogP contribution < -0.4 is 10.2 Å². The van der Waals surface area contributed by atoms with Crippen LogP contribution in [0.4, 0.5) is 29.3 Å². The Morgan fingerprint density at radius 2 is 1.74 bits per heavy atom. The van der Waals surface area contributed by atoms with Gasteiger partial charge in [0, 0.05) is 6.20 Å². The van der Waals surface area contributed by atoms with Crippen molar-refractivity contribution in [2.24, 2.45) is 0 Å². The highest BCUT2D eigenvalue weighted by Crippen LogP contribution is 2.33. The minimum absolute atomic E-state index is 0.0996. The molecular weight excluding hydrogens is 549 g/mol. The topological polar surface area (TPSA) is 117 Å². The number of nitrogens with zero attached hydrogens (tertiary/aromatic N) is 3. The number of hydrogen-bond acceptors (Lipinski definition) is 6. The molecule has 1 aliphatic heterocycles. The highest BCUT2D eigenvalue weighted by molar-refractivity contribution is 7.92. The zero-order chi connectivity index (χ0) is 27.8. The first-order valence-corrected chi connectivity index (χ1v) is 12.7. The molecular formula is C24H18ClF3N4O5S. The third kappa shape index (κ3) is 4.94. The van der Waals surface area contributed by atoms with Crippen LogP contribution in [-0.2, 0) is 21.2 Å². The highest BCUT2D eigenvalue weighted by Gasteiger charge is 2.47. The second-order valence-corrected chi connectivity index (χ2v) is 10.5. The lowest BCUT2D eigenvalue weighted by Crippen LogP contribution is -2.33. The van der Waals surface area contributed by atoms with E-state index in [0.717, 1.165) is 17.0 Å². The summed E-state index contributed by atoms with van der Waals surface area (Å²) >= 11 is 6.09. The molecule has 0 saturated carbocycles. The Kier molecular flexibility index (Phi) is 7.17. The number of halogens is 4. The molecule has 0 spiro atoms. The van der Waals surface area contributed by atoms with E-state index in [4.69, 9.17) is 11.6 Å². The predicted molar refractivity (Wildman–Crippen MR) is 131 cm³/mol. The number of carbonyl (C=O) groups is 3. The molecule has 38 heavy (non-hydrogen) atoms. The normalized spacial score (nSPS) is 16.2. The SMILES string of the molecule is CC1C(=O)N(c2ccc(S(=O)(=O)C(F)(F)F)cc2)C(=O)N1Cc1ccncc1NC(=O)c1ccccc1Cl. The van der Waals surface area contributed by atoms with Crippen molar-refractivity contribution in [1.29, 1.82) is 0 Å². The van der Waals surface area contributed by atoms with Gasteiger partial charge in [-0.15, -0.1) is 0 Å². The van der Waals surface area contributed by atoms with Gasteiger partial charge >= 0.3 is 11.5 Å². The molecule has 4 rings (SSSR count). The molecule has 1 N–H and O–H groups in total. The molecule has 2 aromatic carbocycles. The van der Waals surface area contributed by atoms with E-state index in [-0.39, 0.29) is 28.5 Å². The van der Waals surface area contributed by atoms with Crippen LogP contribution in [0.15, 0.2) is 71.9 Å². The summed E-state index contributed by atoms with van der Waals surface area (Å²) in [4.78, 5) is 43.7. The Morgan fingerprint density at radius 1 is 1.08 bits per heavy atom. The van der Waals surface area contributed by atoms with Gasteiger partial charge in [0.05, 0.1) is 39.6 Å². The molecule has 1 fully saturated rings. The zero-order valence-electron chi connectivity index (χ0n) is 19.4. The molecule has 3 aromatic rings. The summed E-state index contributed by atoms with van der Waals surface area (Å²) in [5, 5.41) is 2.92. The smallest absolute Gasteiger partial charge is 0.320 e. The molecule has 1 atom stereocenters. The first kappa shape index (κ1) is 27.1. The number of urea groups is 1. The largest absolute Gasteiger partial charge is 0.501 e. The molecule has 4 amide bonds. The number of amides is 4. The number of rotatable bonds is 6. The first-order chi connectivity index (χ1) is 17.8. The van der Waals surface area contributed by atoms with Crippen molar-refractivity contribution in [3.63, 3.8) is 0 Å². The molecule has 0 aliphatic carbocycles. The molecule has 0 radical (unpaired) electrons. The van der Waals surface area contributed by atoms with Crippen molar-refractivity contribution in [3.05, 3.63) is 83.1 Å². The molecule has 1 saturated heterocycles. The van der Waals surface area contributed by atoms with E-state index in [1.807, 2.05) is 0 Å². The molecule has 1 unspecified atom stereocenters. The zero-order valence-corrected chi connectivity index (χ0v) is 21.0. The summed E-state index contributed by atoms with van der Waals surface area (Å²) in [6.07, 6.45) is 2.81. The fourth-order valence-electron chi connectivity index (χ4n) is 3.75. The quantitative estimate of drug-likeness (QED) is 0.435. The monoisotopic (exact) mass is 566 g/mol. The van der Waals surface area contributed by atoms with Crippen molar-refractivity contribution in [2.75, 3.05) is 10.2 Å². The lowest BCUT2D eigenvalue weighted by molar-refractivity contribution is -0.119. The number of pyridine rings is 1. The number of benzene rings is 2. The van der Waals surface area contributed by atoms with Crippen LogP contribution >= 0.6 is 11.6 Å². The molecule has 0 bridgehead atoms.